The van der Waals surface area contributed by atoms with Crippen molar-refractivity contribution in [3.63, 3.8) is 0 Å². The van der Waals surface area contributed by atoms with Crippen molar-refractivity contribution in [3.05, 3.63) is 75.8 Å². The van der Waals surface area contributed by atoms with E-state index >= 15 is 0 Å². The third-order valence-electron chi connectivity index (χ3n) is 5.09. The summed E-state index contributed by atoms with van der Waals surface area (Å²) in [4.78, 5) is 20.3. The van der Waals surface area contributed by atoms with Crippen LogP contribution >= 0.6 is 23.4 Å². The first-order chi connectivity index (χ1) is 14.8. The van der Waals surface area contributed by atoms with Crippen molar-refractivity contribution in [2.24, 2.45) is 4.99 Å². The van der Waals surface area contributed by atoms with Crippen LogP contribution in [0.25, 0.3) is 17.0 Å². The number of carbonyl (C=O) groups is 1. The summed E-state index contributed by atoms with van der Waals surface area (Å²) < 4.78 is 2.22. The number of hydrogen-bond acceptors (Lipinski definition) is 3. The number of rotatable bonds is 5. The standard InChI is InChI=1S/C25H26ClN3OS/c1-16(2)27-25-29(17(3)4)24(30)23(31-25)13-19-15-28(22-8-6-5-7-21(19)22)14-18-9-11-20(26)12-10-18/h5-13,15-17H,14H2,1-4H3/b23-13+,27-25?. The Bertz CT molecular complexity index is 1180. The molecule has 1 fully saturated rings. The summed E-state index contributed by atoms with van der Waals surface area (Å²) in [7, 11) is 0. The quantitative estimate of drug-likeness (QED) is 0.419. The number of fused-ring (bicyclic) bond motifs is 1. The lowest BCUT2D eigenvalue weighted by Gasteiger charge is -2.20. The molecule has 1 aromatic heterocycles. The summed E-state index contributed by atoms with van der Waals surface area (Å²) >= 11 is 7.50. The SMILES string of the molecule is CC(C)N=C1S/C(=C/c2cn(Cc3ccc(Cl)cc3)c3ccccc23)C(=O)N1C(C)C. The third-order valence-corrected chi connectivity index (χ3v) is 6.34. The van der Waals surface area contributed by atoms with Gasteiger partial charge in [-0.3, -0.25) is 14.7 Å². The highest BCUT2D eigenvalue weighted by Gasteiger charge is 2.35. The average molecular weight is 452 g/mol. The third kappa shape index (κ3) is 4.58. The number of halogens is 1. The maximum atomic E-state index is 13.1. The molecule has 1 amide bonds. The molecule has 0 bridgehead atoms. The van der Waals surface area contributed by atoms with E-state index in [0.29, 0.717) is 4.91 Å². The highest BCUT2D eigenvalue weighted by Crippen LogP contribution is 2.36. The smallest absolute Gasteiger partial charge is 0.266 e. The lowest BCUT2D eigenvalue weighted by atomic mass is 10.1. The predicted octanol–water partition coefficient (Wildman–Crippen LogP) is 6.43. The lowest BCUT2D eigenvalue weighted by molar-refractivity contribution is -0.123. The fourth-order valence-electron chi connectivity index (χ4n) is 3.70. The monoisotopic (exact) mass is 451 g/mol. The Morgan fingerprint density at radius 3 is 2.45 bits per heavy atom. The zero-order chi connectivity index (χ0) is 22.1. The van der Waals surface area contributed by atoms with Crippen LogP contribution in [0.1, 0.15) is 38.8 Å². The number of amides is 1. The van der Waals surface area contributed by atoms with Crippen molar-refractivity contribution in [2.45, 2.75) is 46.3 Å². The minimum absolute atomic E-state index is 0.0222. The molecule has 2 heterocycles. The summed E-state index contributed by atoms with van der Waals surface area (Å²) in [5, 5.41) is 2.64. The summed E-state index contributed by atoms with van der Waals surface area (Å²) in [6.45, 7) is 8.84. The highest BCUT2D eigenvalue weighted by atomic mass is 35.5. The fraction of sp³-hybridized carbons (Fsp3) is 0.280. The number of benzene rings is 2. The molecule has 0 aliphatic carbocycles. The zero-order valence-corrected chi connectivity index (χ0v) is 19.7. The van der Waals surface area contributed by atoms with E-state index in [1.54, 1.807) is 4.90 Å². The van der Waals surface area contributed by atoms with E-state index in [1.807, 2.05) is 70.2 Å². The van der Waals surface area contributed by atoms with Crippen LogP contribution in [0, 0.1) is 0 Å². The van der Waals surface area contributed by atoms with Gasteiger partial charge < -0.3 is 4.57 Å². The van der Waals surface area contributed by atoms with Gasteiger partial charge in [-0.1, -0.05) is 41.9 Å². The topological polar surface area (TPSA) is 37.6 Å². The molecule has 4 rings (SSSR count). The normalized spacial score (nSPS) is 17.3. The fourth-order valence-corrected chi connectivity index (χ4v) is 5.05. The molecule has 31 heavy (non-hydrogen) atoms. The van der Waals surface area contributed by atoms with Crippen LogP contribution in [0.3, 0.4) is 0 Å². The summed E-state index contributed by atoms with van der Waals surface area (Å²) in [6.07, 6.45) is 4.13. The van der Waals surface area contributed by atoms with Gasteiger partial charge in [0.1, 0.15) is 0 Å². The molecule has 3 aromatic rings. The van der Waals surface area contributed by atoms with Gasteiger partial charge in [-0.15, -0.1) is 0 Å². The molecule has 0 atom stereocenters. The van der Waals surface area contributed by atoms with Crippen molar-refractivity contribution in [1.82, 2.24) is 9.47 Å². The Kier molecular flexibility index (Phi) is 6.26. The van der Waals surface area contributed by atoms with Gasteiger partial charge in [-0.05, 0) is 69.3 Å². The van der Waals surface area contributed by atoms with Crippen molar-refractivity contribution >= 4 is 51.4 Å². The molecule has 1 aliphatic rings. The van der Waals surface area contributed by atoms with Gasteiger partial charge in [0, 0.05) is 46.3 Å². The van der Waals surface area contributed by atoms with E-state index in [-0.39, 0.29) is 18.0 Å². The first kappa shape index (κ1) is 21.7. The van der Waals surface area contributed by atoms with Gasteiger partial charge in [-0.2, -0.15) is 0 Å². The second-order valence-electron chi connectivity index (χ2n) is 8.24. The first-order valence-electron chi connectivity index (χ1n) is 10.5. The molecule has 1 saturated heterocycles. The van der Waals surface area contributed by atoms with E-state index in [4.69, 9.17) is 11.6 Å². The molecule has 0 unspecified atom stereocenters. The number of aliphatic imine (C=N–C) groups is 1. The molecule has 0 spiro atoms. The van der Waals surface area contributed by atoms with Crippen LogP contribution in [0.5, 0.6) is 0 Å². The predicted molar refractivity (Wildman–Crippen MR) is 133 cm³/mol. The van der Waals surface area contributed by atoms with Crippen molar-refractivity contribution in [1.29, 1.82) is 0 Å². The Balaban J connectivity index is 1.74. The van der Waals surface area contributed by atoms with Gasteiger partial charge >= 0.3 is 0 Å². The second-order valence-corrected chi connectivity index (χ2v) is 9.69. The van der Waals surface area contributed by atoms with E-state index in [9.17, 15) is 4.79 Å². The van der Waals surface area contributed by atoms with Crippen LogP contribution in [-0.2, 0) is 11.3 Å². The number of hydrogen-bond donors (Lipinski definition) is 0. The molecule has 6 heteroatoms. The number of aromatic nitrogens is 1. The van der Waals surface area contributed by atoms with Gasteiger partial charge in [0.05, 0.1) is 4.91 Å². The first-order valence-corrected chi connectivity index (χ1v) is 11.7. The molecule has 0 saturated carbocycles. The van der Waals surface area contributed by atoms with Gasteiger partial charge in [0.15, 0.2) is 5.17 Å². The number of para-hydroxylation sites is 1. The van der Waals surface area contributed by atoms with Crippen molar-refractivity contribution in [3.8, 4) is 0 Å². The van der Waals surface area contributed by atoms with E-state index in [1.165, 1.54) is 17.3 Å². The molecular formula is C25H26ClN3OS. The zero-order valence-electron chi connectivity index (χ0n) is 18.2. The number of thioether (sulfide) groups is 1. The molecule has 1 aliphatic heterocycles. The highest BCUT2D eigenvalue weighted by molar-refractivity contribution is 8.18. The molecule has 2 aromatic carbocycles. The summed E-state index contributed by atoms with van der Waals surface area (Å²) in [5.74, 6) is 0.0222. The van der Waals surface area contributed by atoms with E-state index in [2.05, 4.69) is 27.9 Å². The summed E-state index contributed by atoms with van der Waals surface area (Å²) in [5.41, 5.74) is 3.35. The molecular weight excluding hydrogens is 426 g/mol. The van der Waals surface area contributed by atoms with E-state index in [0.717, 1.165) is 33.2 Å². The maximum Gasteiger partial charge on any atom is 0.266 e. The van der Waals surface area contributed by atoms with Crippen LogP contribution < -0.4 is 0 Å². The van der Waals surface area contributed by atoms with Gasteiger partial charge in [0.2, 0.25) is 0 Å². The number of amidine groups is 1. The van der Waals surface area contributed by atoms with Gasteiger partial charge in [-0.25, -0.2) is 0 Å². The molecule has 0 N–H and O–H groups in total. The average Bonchev–Trinajstić information content (AvgIpc) is 3.21. The Labute approximate surface area is 192 Å². The molecule has 4 nitrogen and oxygen atoms in total. The van der Waals surface area contributed by atoms with Crippen LogP contribution in [-0.4, -0.2) is 32.6 Å². The number of nitrogens with zero attached hydrogens (tertiary/aromatic N) is 3. The Morgan fingerprint density at radius 2 is 1.77 bits per heavy atom. The summed E-state index contributed by atoms with van der Waals surface area (Å²) in [6, 6.07) is 16.4. The van der Waals surface area contributed by atoms with Crippen LogP contribution in [0.4, 0.5) is 0 Å². The van der Waals surface area contributed by atoms with Crippen molar-refractivity contribution < 1.29 is 4.79 Å². The Hall–Kier alpha value is -2.50. The minimum Gasteiger partial charge on any atom is -0.342 e. The van der Waals surface area contributed by atoms with Gasteiger partial charge in [0.25, 0.3) is 5.91 Å². The second kappa shape index (κ2) is 8.93. The number of carbonyl (C=O) groups excluding carboxylic acids is 1. The maximum absolute atomic E-state index is 13.1. The minimum atomic E-state index is 0.0222. The van der Waals surface area contributed by atoms with Crippen molar-refractivity contribution in [2.75, 3.05) is 0 Å². The largest absolute Gasteiger partial charge is 0.342 e. The van der Waals surface area contributed by atoms with Crippen LogP contribution in [0.2, 0.25) is 5.02 Å². The van der Waals surface area contributed by atoms with Crippen LogP contribution in [0.15, 0.2) is 64.6 Å². The van der Waals surface area contributed by atoms with E-state index < -0.39 is 0 Å². The molecule has 0 radical (unpaired) electrons. The molecule has 160 valence electrons. The Morgan fingerprint density at radius 1 is 1.06 bits per heavy atom. The lowest BCUT2D eigenvalue weighted by Crippen LogP contribution is -2.35.